The summed E-state index contributed by atoms with van der Waals surface area (Å²) in [7, 11) is 0. The van der Waals surface area contributed by atoms with Crippen LogP contribution in [0.25, 0.3) is 0 Å². The first kappa shape index (κ1) is 20.5. The van der Waals surface area contributed by atoms with Crippen molar-refractivity contribution in [1.82, 2.24) is 5.32 Å². The molecule has 2 N–H and O–H groups in total. The third kappa shape index (κ3) is 6.19. The van der Waals surface area contributed by atoms with Gasteiger partial charge in [-0.3, -0.25) is 14.4 Å². The van der Waals surface area contributed by atoms with E-state index in [1.54, 1.807) is 0 Å². The largest absolute Gasteiger partial charge is 0.461 e. The van der Waals surface area contributed by atoms with Crippen molar-refractivity contribution in [2.75, 3.05) is 11.9 Å². The lowest BCUT2D eigenvalue weighted by molar-refractivity contribution is -0.144. The highest BCUT2D eigenvalue weighted by Crippen LogP contribution is 2.28. The number of carbonyl (C=O) groups is 3. The summed E-state index contributed by atoms with van der Waals surface area (Å²) < 4.78 is 5.14. The number of esters is 1. The fourth-order valence-corrected chi connectivity index (χ4v) is 2.36. The number of aliphatic imine (C=N–C) groups is 1. The number of para-hydroxylation sites is 1. The molecule has 2 rings (SSSR count). The number of nitrogens with one attached hydrogen (secondary N) is 2. The second kappa shape index (κ2) is 10.4. The van der Waals surface area contributed by atoms with E-state index < -0.39 is 17.8 Å². The molecule has 0 heterocycles. The van der Waals surface area contributed by atoms with Gasteiger partial charge in [0.15, 0.2) is 0 Å². The van der Waals surface area contributed by atoms with Crippen molar-refractivity contribution >= 4 is 35.2 Å². The number of hydrogen-bond acceptors (Lipinski definition) is 6. The molecule has 0 aliphatic carbocycles. The second-order valence-electron chi connectivity index (χ2n) is 5.74. The van der Waals surface area contributed by atoms with Gasteiger partial charge >= 0.3 is 5.97 Å². The summed E-state index contributed by atoms with van der Waals surface area (Å²) in [6.45, 7) is 1.48. The Balaban J connectivity index is 1.93. The summed E-state index contributed by atoms with van der Waals surface area (Å²) in [4.78, 5) is 49.6. The fourth-order valence-electron chi connectivity index (χ4n) is 2.36. The van der Waals surface area contributed by atoms with Crippen LogP contribution < -0.4 is 10.6 Å². The van der Waals surface area contributed by atoms with Gasteiger partial charge < -0.3 is 15.4 Å². The highest BCUT2D eigenvalue weighted by atomic mass is 16.5. The molecule has 0 spiro atoms. The number of rotatable bonds is 8. The van der Waals surface area contributed by atoms with E-state index >= 15 is 0 Å². The monoisotopic (exact) mass is 381 g/mol. The highest BCUT2D eigenvalue weighted by Gasteiger charge is 2.16. The molecule has 0 unspecified atom stereocenters. The zero-order valence-electron chi connectivity index (χ0n) is 15.2. The van der Waals surface area contributed by atoms with Crippen LogP contribution in [0.5, 0.6) is 0 Å². The van der Waals surface area contributed by atoms with E-state index in [4.69, 9.17) is 4.74 Å². The Kier molecular flexibility index (Phi) is 7.63. The van der Waals surface area contributed by atoms with Crippen LogP contribution in [0.1, 0.15) is 29.3 Å². The minimum absolute atomic E-state index is 0.0137. The number of carbonyl (C=O) groups excluding carboxylic acids is 4. The Bertz CT molecular complexity index is 905. The van der Waals surface area contributed by atoms with E-state index in [0.717, 1.165) is 5.56 Å². The first-order valence-corrected chi connectivity index (χ1v) is 8.47. The van der Waals surface area contributed by atoms with Gasteiger partial charge in [0.1, 0.15) is 12.3 Å². The Morgan fingerprint density at radius 2 is 1.82 bits per heavy atom. The van der Waals surface area contributed by atoms with Crippen LogP contribution in [0.3, 0.4) is 0 Å². The number of benzene rings is 2. The van der Waals surface area contributed by atoms with E-state index in [2.05, 4.69) is 15.6 Å². The molecule has 2 aromatic carbocycles. The predicted molar refractivity (Wildman–Crippen MR) is 102 cm³/mol. The lowest BCUT2D eigenvalue weighted by Crippen LogP contribution is -2.27. The Labute approximate surface area is 161 Å². The zero-order chi connectivity index (χ0) is 20.4. The van der Waals surface area contributed by atoms with Crippen molar-refractivity contribution in [1.29, 1.82) is 0 Å². The van der Waals surface area contributed by atoms with Crippen molar-refractivity contribution < 1.29 is 23.9 Å². The molecule has 2 amide bonds. The van der Waals surface area contributed by atoms with Crippen molar-refractivity contribution in [3.05, 3.63) is 59.7 Å². The van der Waals surface area contributed by atoms with Crippen LogP contribution in [-0.2, 0) is 25.7 Å². The summed E-state index contributed by atoms with van der Waals surface area (Å²) in [6.07, 6.45) is 1.37. The molecule has 0 saturated heterocycles. The van der Waals surface area contributed by atoms with Crippen LogP contribution in [-0.4, -0.2) is 30.4 Å². The van der Waals surface area contributed by atoms with Crippen LogP contribution in [0.4, 0.5) is 11.4 Å². The van der Waals surface area contributed by atoms with Crippen molar-refractivity contribution in [2.24, 2.45) is 4.99 Å². The molecule has 0 radical (unpaired) electrons. The second-order valence-corrected chi connectivity index (χ2v) is 5.74. The zero-order valence-corrected chi connectivity index (χ0v) is 15.2. The number of amides is 2. The summed E-state index contributed by atoms with van der Waals surface area (Å²) in [5, 5.41) is 5.06. The molecule has 8 nitrogen and oxygen atoms in total. The van der Waals surface area contributed by atoms with Crippen molar-refractivity contribution in [3.8, 4) is 0 Å². The van der Waals surface area contributed by atoms with E-state index in [9.17, 15) is 19.2 Å². The Hall–Kier alpha value is -3.77. The maximum absolute atomic E-state index is 12.4. The topological polar surface area (TPSA) is 114 Å². The molecule has 0 aliphatic rings. The quantitative estimate of drug-likeness (QED) is 0.414. The molecule has 0 aromatic heterocycles. The number of isocyanates is 1. The lowest BCUT2D eigenvalue weighted by atomic mass is 10.1. The van der Waals surface area contributed by atoms with Gasteiger partial charge in [0, 0.05) is 13.5 Å². The van der Waals surface area contributed by atoms with Gasteiger partial charge in [0.2, 0.25) is 12.0 Å². The van der Waals surface area contributed by atoms with Crippen LogP contribution in [0, 0.1) is 0 Å². The predicted octanol–water partition coefficient (Wildman–Crippen LogP) is 2.48. The minimum atomic E-state index is -0.525. The van der Waals surface area contributed by atoms with Gasteiger partial charge in [-0.25, -0.2) is 4.79 Å². The highest BCUT2D eigenvalue weighted by molar-refractivity contribution is 6.06. The molecule has 2 aromatic rings. The van der Waals surface area contributed by atoms with E-state index in [1.807, 2.05) is 30.3 Å². The molecular weight excluding hydrogens is 362 g/mol. The lowest BCUT2D eigenvalue weighted by Gasteiger charge is -2.12. The Morgan fingerprint density at radius 1 is 1.07 bits per heavy atom. The smallest absolute Gasteiger partial charge is 0.307 e. The van der Waals surface area contributed by atoms with Gasteiger partial charge in [-0.2, -0.15) is 4.99 Å². The molecular formula is C20H19N3O5. The average Bonchev–Trinajstić information content (AvgIpc) is 2.68. The number of nitrogens with zero attached hydrogens (tertiary/aromatic N) is 1. The van der Waals surface area contributed by atoms with Gasteiger partial charge in [0.05, 0.1) is 17.7 Å². The molecule has 144 valence electrons. The molecule has 8 heteroatoms. The standard InChI is InChI=1S/C20H19N3O5/c1-14(25)23-19-16(8-5-9-17(19)22-13-24)20(27)21-11-10-18(26)28-12-15-6-3-2-4-7-15/h2-9H,10-12H2,1H3,(H,21,27)(H,23,25). The van der Waals surface area contributed by atoms with E-state index in [-0.39, 0.29) is 36.5 Å². The molecule has 0 atom stereocenters. The van der Waals surface area contributed by atoms with Gasteiger partial charge in [-0.1, -0.05) is 36.4 Å². The summed E-state index contributed by atoms with van der Waals surface area (Å²) in [5.74, 6) is -1.40. The molecule has 0 fully saturated rings. The third-order valence-electron chi connectivity index (χ3n) is 3.61. The molecule has 0 aliphatic heterocycles. The van der Waals surface area contributed by atoms with E-state index in [1.165, 1.54) is 31.2 Å². The van der Waals surface area contributed by atoms with E-state index in [0.29, 0.717) is 0 Å². The molecule has 28 heavy (non-hydrogen) atoms. The maximum Gasteiger partial charge on any atom is 0.307 e. The fraction of sp³-hybridized carbons (Fsp3) is 0.200. The van der Waals surface area contributed by atoms with Gasteiger partial charge in [0.25, 0.3) is 5.91 Å². The summed E-state index contributed by atoms with van der Waals surface area (Å²) in [6, 6.07) is 13.7. The molecule has 0 saturated carbocycles. The maximum atomic E-state index is 12.4. The minimum Gasteiger partial charge on any atom is -0.461 e. The van der Waals surface area contributed by atoms with Crippen molar-refractivity contribution in [2.45, 2.75) is 20.0 Å². The van der Waals surface area contributed by atoms with Crippen molar-refractivity contribution in [3.63, 3.8) is 0 Å². The first-order valence-electron chi connectivity index (χ1n) is 8.47. The van der Waals surface area contributed by atoms with Crippen LogP contribution in [0.15, 0.2) is 53.5 Å². The summed E-state index contributed by atoms with van der Waals surface area (Å²) >= 11 is 0. The van der Waals surface area contributed by atoms with Gasteiger partial charge in [-0.15, -0.1) is 0 Å². The number of ether oxygens (including phenoxy) is 1. The summed E-state index contributed by atoms with van der Waals surface area (Å²) in [5.41, 5.74) is 1.19. The number of hydrogen-bond donors (Lipinski definition) is 2. The Morgan fingerprint density at radius 3 is 2.50 bits per heavy atom. The first-order chi connectivity index (χ1) is 13.5. The van der Waals surface area contributed by atoms with Gasteiger partial charge in [-0.05, 0) is 17.7 Å². The molecule has 0 bridgehead atoms. The van der Waals surface area contributed by atoms with Crippen LogP contribution >= 0.6 is 0 Å². The number of anilines is 1. The average molecular weight is 381 g/mol. The third-order valence-corrected chi connectivity index (χ3v) is 3.61. The SMILES string of the molecule is CC(=O)Nc1c(N=C=O)cccc1C(=O)NCCC(=O)OCc1ccccc1. The normalized spacial score (nSPS) is 9.75. The van der Waals surface area contributed by atoms with Crippen LogP contribution in [0.2, 0.25) is 0 Å².